The summed E-state index contributed by atoms with van der Waals surface area (Å²) < 4.78 is 6.57. The Bertz CT molecular complexity index is 3080. The number of fused-ring (bicyclic) bond motifs is 11. The molecule has 4 heteroatoms. The van der Waals surface area contributed by atoms with Gasteiger partial charge in [-0.25, -0.2) is 4.99 Å². The van der Waals surface area contributed by atoms with Gasteiger partial charge in [-0.1, -0.05) is 176 Å². The quantitative estimate of drug-likeness (QED) is 0.189. The fourth-order valence-corrected chi connectivity index (χ4v) is 9.76. The van der Waals surface area contributed by atoms with Gasteiger partial charge in [-0.05, 0) is 90.3 Å². The average Bonchev–Trinajstić information content (AvgIpc) is 3.59. The van der Waals surface area contributed by atoms with Crippen molar-refractivity contribution < 1.29 is 4.74 Å². The van der Waals surface area contributed by atoms with Crippen LogP contribution < -0.4 is 15.4 Å². The molecule has 0 bridgehead atoms. The van der Waals surface area contributed by atoms with Crippen LogP contribution >= 0.6 is 0 Å². The molecule has 9 aromatic carbocycles. The highest BCUT2D eigenvalue weighted by atomic mass is 16.5. The number of rotatable bonds is 4. The Hall–Kier alpha value is -7.27. The average molecular weight is 744 g/mol. The van der Waals surface area contributed by atoms with E-state index in [1.807, 2.05) is 0 Å². The summed E-state index contributed by atoms with van der Waals surface area (Å²) in [6, 6.07) is 72.1. The third kappa shape index (κ3) is 4.95. The van der Waals surface area contributed by atoms with Crippen LogP contribution in [0.25, 0.3) is 43.8 Å². The summed E-state index contributed by atoms with van der Waals surface area (Å²) in [5.41, 5.74) is 12.6. The third-order valence-electron chi connectivity index (χ3n) is 12.4. The Morgan fingerprint density at radius 2 is 0.966 bits per heavy atom. The lowest BCUT2D eigenvalue weighted by Crippen LogP contribution is -2.44. The van der Waals surface area contributed by atoms with Crippen molar-refractivity contribution in [3.63, 3.8) is 0 Å². The Morgan fingerprint density at radius 1 is 0.431 bits per heavy atom. The van der Waals surface area contributed by atoms with Crippen molar-refractivity contribution in [1.29, 1.82) is 0 Å². The maximum Gasteiger partial charge on any atom is 0.132 e. The number of aliphatic imine (C=N–C) groups is 1. The molecule has 2 unspecified atom stereocenters. The van der Waals surface area contributed by atoms with Crippen LogP contribution in [0.3, 0.4) is 0 Å². The van der Waals surface area contributed by atoms with Crippen molar-refractivity contribution in [2.45, 2.75) is 17.7 Å². The Labute approximate surface area is 337 Å². The summed E-state index contributed by atoms with van der Waals surface area (Å²) in [7, 11) is 0. The topological polar surface area (TPSA) is 45.6 Å². The minimum Gasteiger partial charge on any atom is -0.457 e. The highest BCUT2D eigenvalue weighted by molar-refractivity contribution is 6.01. The molecule has 9 aromatic rings. The summed E-state index contributed by atoms with van der Waals surface area (Å²) in [4.78, 5) is 5.34. The van der Waals surface area contributed by atoms with E-state index in [0.29, 0.717) is 0 Å². The van der Waals surface area contributed by atoms with Gasteiger partial charge in [0.1, 0.15) is 29.7 Å². The fourth-order valence-electron chi connectivity index (χ4n) is 9.76. The van der Waals surface area contributed by atoms with Crippen LogP contribution in [0.2, 0.25) is 0 Å². The first-order valence-corrected chi connectivity index (χ1v) is 20.0. The Kier molecular flexibility index (Phi) is 7.31. The van der Waals surface area contributed by atoms with E-state index in [-0.39, 0.29) is 12.3 Å². The molecule has 1 aliphatic carbocycles. The molecule has 0 saturated carbocycles. The highest BCUT2D eigenvalue weighted by Crippen LogP contribution is 2.63. The predicted octanol–water partition coefficient (Wildman–Crippen LogP) is 12.5. The molecule has 0 aromatic heterocycles. The van der Waals surface area contributed by atoms with Crippen molar-refractivity contribution >= 4 is 27.4 Å². The van der Waals surface area contributed by atoms with Gasteiger partial charge in [-0.2, -0.15) is 0 Å². The second-order valence-corrected chi connectivity index (χ2v) is 15.5. The van der Waals surface area contributed by atoms with Gasteiger partial charge in [0, 0.05) is 16.7 Å². The third-order valence-corrected chi connectivity index (χ3v) is 12.4. The zero-order valence-corrected chi connectivity index (χ0v) is 31.6. The lowest BCUT2D eigenvalue weighted by Gasteiger charge is -2.39. The molecule has 0 radical (unpaired) electrons. The van der Waals surface area contributed by atoms with Crippen molar-refractivity contribution in [2.75, 3.05) is 0 Å². The lowest BCUT2D eigenvalue weighted by molar-refractivity contribution is 0.409. The summed E-state index contributed by atoms with van der Waals surface area (Å²) in [6.45, 7) is 0. The fraction of sp³-hybridized carbons (Fsp3) is 0.0556. The van der Waals surface area contributed by atoms with E-state index < -0.39 is 5.41 Å². The zero-order valence-electron chi connectivity index (χ0n) is 31.6. The van der Waals surface area contributed by atoms with Crippen LogP contribution in [0.5, 0.6) is 11.5 Å². The predicted molar refractivity (Wildman–Crippen MR) is 235 cm³/mol. The maximum absolute atomic E-state index is 6.57. The Balaban J connectivity index is 0.973. The van der Waals surface area contributed by atoms with Crippen LogP contribution in [0, 0.1) is 0 Å². The van der Waals surface area contributed by atoms with Gasteiger partial charge in [-0.15, -0.1) is 0 Å². The molecule has 0 fully saturated rings. The summed E-state index contributed by atoms with van der Waals surface area (Å²) in [5.74, 6) is 2.66. The number of benzene rings is 9. The number of nitrogens with one attached hydrogen (secondary N) is 2. The number of nitrogens with zero attached hydrogens (tertiary/aromatic N) is 1. The van der Waals surface area contributed by atoms with Crippen LogP contribution in [0.15, 0.2) is 205 Å². The molecule has 3 aliphatic rings. The van der Waals surface area contributed by atoms with Gasteiger partial charge >= 0.3 is 0 Å². The molecule has 2 N–H and O–H groups in total. The van der Waals surface area contributed by atoms with Gasteiger partial charge in [0.15, 0.2) is 0 Å². The van der Waals surface area contributed by atoms with Crippen molar-refractivity contribution in [2.24, 2.45) is 4.99 Å². The Morgan fingerprint density at radius 3 is 1.67 bits per heavy atom. The molecule has 2 heterocycles. The first-order valence-electron chi connectivity index (χ1n) is 20.0. The van der Waals surface area contributed by atoms with Crippen LogP contribution in [-0.4, -0.2) is 5.84 Å². The molecular weight excluding hydrogens is 707 g/mol. The zero-order chi connectivity index (χ0) is 38.2. The van der Waals surface area contributed by atoms with E-state index in [0.717, 1.165) is 39.6 Å². The first kappa shape index (κ1) is 32.9. The SMILES string of the molecule is c1ccc2c(c1)Oc1ccccc1C21c2ccccc2-c2c(-c3ccc(C4=NC(c5ccc6ccccc6c5)NC(c5ccc6ccccc6c5)N4)cc3)cccc21. The summed E-state index contributed by atoms with van der Waals surface area (Å²) in [6.07, 6.45) is -0.393. The monoisotopic (exact) mass is 743 g/mol. The number of ether oxygens (including phenoxy) is 1. The van der Waals surface area contributed by atoms with Gasteiger partial charge in [0.05, 0.1) is 5.41 Å². The second kappa shape index (κ2) is 12.9. The molecule has 1 spiro atoms. The second-order valence-electron chi connectivity index (χ2n) is 15.5. The van der Waals surface area contributed by atoms with E-state index in [1.54, 1.807) is 0 Å². The van der Waals surface area contributed by atoms with Gasteiger partial charge in [0.25, 0.3) is 0 Å². The normalized spacial score (nSPS) is 17.1. The van der Waals surface area contributed by atoms with Crippen molar-refractivity contribution in [1.82, 2.24) is 10.6 Å². The van der Waals surface area contributed by atoms with E-state index in [2.05, 4.69) is 211 Å². The number of hydrogen-bond acceptors (Lipinski definition) is 4. The van der Waals surface area contributed by atoms with Gasteiger partial charge in [0.2, 0.25) is 0 Å². The lowest BCUT2D eigenvalue weighted by atomic mass is 9.66. The molecule has 0 amide bonds. The van der Waals surface area contributed by atoms with Crippen LogP contribution in [-0.2, 0) is 5.41 Å². The largest absolute Gasteiger partial charge is 0.457 e. The van der Waals surface area contributed by atoms with E-state index >= 15 is 0 Å². The molecule has 2 aliphatic heterocycles. The van der Waals surface area contributed by atoms with Gasteiger partial charge < -0.3 is 10.1 Å². The van der Waals surface area contributed by atoms with E-state index in [4.69, 9.17) is 9.73 Å². The van der Waals surface area contributed by atoms with Crippen LogP contribution in [0.4, 0.5) is 0 Å². The van der Waals surface area contributed by atoms with Crippen LogP contribution in [0.1, 0.15) is 51.3 Å². The smallest absolute Gasteiger partial charge is 0.132 e. The van der Waals surface area contributed by atoms with Gasteiger partial charge in [-0.3, -0.25) is 5.32 Å². The standard InChI is InChI=1S/C54H37N3O/c1-3-14-38-32-40(30-24-34(38)12-1)52-55-51(56-53(57-52)41-31-25-35-13-2-4-15-39(35)33-41)37-28-26-36(27-29-37)42-17-11-21-47-50(42)43-16-5-6-18-44(43)54(47)45-19-7-9-22-48(45)58-49-23-10-8-20-46(49)54/h1-33,52-53,57H,(H,55,56). The van der Waals surface area contributed by atoms with E-state index in [9.17, 15) is 0 Å². The number of para-hydroxylation sites is 2. The molecule has 2 atom stereocenters. The minimum absolute atomic E-state index is 0.149. The minimum atomic E-state index is -0.503. The highest BCUT2D eigenvalue weighted by Gasteiger charge is 2.51. The molecule has 4 nitrogen and oxygen atoms in total. The number of amidine groups is 1. The molecule has 58 heavy (non-hydrogen) atoms. The first-order chi connectivity index (χ1) is 28.7. The summed E-state index contributed by atoms with van der Waals surface area (Å²) in [5, 5.41) is 12.5. The molecule has 274 valence electrons. The molecular formula is C54H37N3O. The number of hydrogen-bond donors (Lipinski definition) is 2. The summed E-state index contributed by atoms with van der Waals surface area (Å²) >= 11 is 0. The van der Waals surface area contributed by atoms with E-state index in [1.165, 1.54) is 60.5 Å². The van der Waals surface area contributed by atoms with Crippen molar-refractivity contribution in [3.8, 4) is 33.8 Å². The molecule has 0 saturated heterocycles. The maximum atomic E-state index is 6.57. The molecule has 12 rings (SSSR count). The van der Waals surface area contributed by atoms with Crippen molar-refractivity contribution in [3.05, 3.63) is 239 Å².